The van der Waals surface area contributed by atoms with Crippen LogP contribution in [-0.4, -0.2) is 31.7 Å². The molecule has 1 aliphatic heterocycles. The maximum Gasteiger partial charge on any atom is 0.0491 e. The summed E-state index contributed by atoms with van der Waals surface area (Å²) in [4.78, 5) is 5.49. The highest BCUT2D eigenvalue weighted by molar-refractivity contribution is 7.11. The van der Waals surface area contributed by atoms with E-state index in [1.54, 1.807) is 7.11 Å². The van der Waals surface area contributed by atoms with Crippen LogP contribution in [0.25, 0.3) is 0 Å². The molecule has 1 aromatic heterocycles. The smallest absolute Gasteiger partial charge is 0.0491 e. The van der Waals surface area contributed by atoms with Gasteiger partial charge in [-0.15, -0.1) is 11.3 Å². The molecule has 16 heavy (non-hydrogen) atoms. The van der Waals surface area contributed by atoms with Crippen molar-refractivity contribution >= 4 is 11.3 Å². The normalized spacial score (nSPS) is 19.1. The zero-order chi connectivity index (χ0) is 11.4. The van der Waals surface area contributed by atoms with Crippen LogP contribution < -0.4 is 0 Å². The molecule has 1 aromatic rings. The zero-order valence-corrected chi connectivity index (χ0v) is 11.1. The molecule has 0 amide bonds. The summed E-state index contributed by atoms with van der Waals surface area (Å²) in [6.07, 6.45) is 2.58. The van der Waals surface area contributed by atoms with E-state index >= 15 is 0 Å². The number of hydrogen-bond acceptors (Lipinski definition) is 3. The fourth-order valence-corrected chi connectivity index (χ4v) is 3.27. The molecule has 0 aliphatic carbocycles. The van der Waals surface area contributed by atoms with E-state index in [4.69, 9.17) is 4.74 Å². The highest BCUT2D eigenvalue weighted by Crippen LogP contribution is 2.22. The highest BCUT2D eigenvalue weighted by Gasteiger charge is 2.19. The van der Waals surface area contributed by atoms with Crippen molar-refractivity contribution in [2.75, 3.05) is 26.8 Å². The molecular weight excluding hydrogens is 218 g/mol. The van der Waals surface area contributed by atoms with Gasteiger partial charge < -0.3 is 4.74 Å². The molecule has 2 heterocycles. The van der Waals surface area contributed by atoms with Crippen molar-refractivity contribution in [3.63, 3.8) is 0 Å². The summed E-state index contributed by atoms with van der Waals surface area (Å²) in [5, 5.41) is 0. The molecule has 1 fully saturated rings. The lowest BCUT2D eigenvalue weighted by Crippen LogP contribution is -2.34. The minimum Gasteiger partial charge on any atom is -0.384 e. The lowest BCUT2D eigenvalue weighted by molar-refractivity contribution is 0.0972. The number of nitrogens with zero attached hydrogens (tertiary/aromatic N) is 1. The van der Waals surface area contributed by atoms with Crippen LogP contribution in [0, 0.1) is 12.8 Å². The predicted molar refractivity (Wildman–Crippen MR) is 68.9 cm³/mol. The fourth-order valence-electron chi connectivity index (χ4n) is 2.34. The van der Waals surface area contributed by atoms with E-state index in [1.165, 1.54) is 35.7 Å². The summed E-state index contributed by atoms with van der Waals surface area (Å²) >= 11 is 1.93. The van der Waals surface area contributed by atoms with Crippen LogP contribution in [0.2, 0.25) is 0 Å². The average molecular weight is 239 g/mol. The van der Waals surface area contributed by atoms with Gasteiger partial charge in [-0.25, -0.2) is 0 Å². The molecule has 0 N–H and O–H groups in total. The van der Waals surface area contributed by atoms with Crippen molar-refractivity contribution in [3.8, 4) is 0 Å². The first-order valence-corrected chi connectivity index (χ1v) is 6.86. The van der Waals surface area contributed by atoms with Crippen LogP contribution in [0.5, 0.6) is 0 Å². The minimum atomic E-state index is 0.784. The van der Waals surface area contributed by atoms with Gasteiger partial charge >= 0.3 is 0 Å². The van der Waals surface area contributed by atoms with E-state index in [2.05, 4.69) is 24.0 Å². The average Bonchev–Trinajstić information content (AvgIpc) is 2.67. The molecule has 0 bridgehead atoms. The number of aryl methyl sites for hydroxylation is 1. The first kappa shape index (κ1) is 12.1. The molecule has 0 unspecified atom stereocenters. The monoisotopic (exact) mass is 239 g/mol. The Morgan fingerprint density at radius 2 is 2.12 bits per heavy atom. The SMILES string of the molecule is COCC1CCN(Cc2ccc(C)s2)CC1. The lowest BCUT2D eigenvalue weighted by atomic mass is 9.98. The number of ether oxygens (including phenoxy) is 1. The van der Waals surface area contributed by atoms with Crippen molar-refractivity contribution in [1.82, 2.24) is 4.90 Å². The Morgan fingerprint density at radius 3 is 2.69 bits per heavy atom. The second-order valence-corrected chi connectivity index (χ2v) is 6.06. The lowest BCUT2D eigenvalue weighted by Gasteiger charge is -2.31. The molecule has 0 atom stereocenters. The van der Waals surface area contributed by atoms with Crippen molar-refractivity contribution in [2.45, 2.75) is 26.3 Å². The summed E-state index contributed by atoms with van der Waals surface area (Å²) in [5.41, 5.74) is 0. The quantitative estimate of drug-likeness (QED) is 0.801. The second-order valence-electron chi connectivity index (χ2n) is 4.69. The largest absolute Gasteiger partial charge is 0.384 e. The topological polar surface area (TPSA) is 12.5 Å². The molecule has 3 heteroatoms. The van der Waals surface area contributed by atoms with E-state index < -0.39 is 0 Å². The van der Waals surface area contributed by atoms with Gasteiger partial charge in [0.05, 0.1) is 0 Å². The van der Waals surface area contributed by atoms with E-state index in [9.17, 15) is 0 Å². The van der Waals surface area contributed by atoms with E-state index in [0.29, 0.717) is 0 Å². The summed E-state index contributed by atoms with van der Waals surface area (Å²) < 4.78 is 5.22. The van der Waals surface area contributed by atoms with Crippen LogP contribution in [0.3, 0.4) is 0 Å². The maximum atomic E-state index is 5.22. The fraction of sp³-hybridized carbons (Fsp3) is 0.692. The van der Waals surface area contributed by atoms with Crippen LogP contribution in [0.15, 0.2) is 12.1 Å². The molecule has 0 spiro atoms. The maximum absolute atomic E-state index is 5.22. The summed E-state index contributed by atoms with van der Waals surface area (Å²) in [5.74, 6) is 0.784. The van der Waals surface area contributed by atoms with Gasteiger partial charge in [-0.2, -0.15) is 0 Å². The van der Waals surface area contributed by atoms with Gasteiger partial charge in [-0.3, -0.25) is 4.90 Å². The number of likely N-dealkylation sites (tertiary alicyclic amines) is 1. The Hall–Kier alpha value is -0.380. The number of methoxy groups -OCH3 is 1. The van der Waals surface area contributed by atoms with Crippen LogP contribution in [0.1, 0.15) is 22.6 Å². The van der Waals surface area contributed by atoms with Crippen molar-refractivity contribution < 1.29 is 4.74 Å². The van der Waals surface area contributed by atoms with Gasteiger partial charge in [0.25, 0.3) is 0 Å². The Labute approximate surface area is 102 Å². The molecule has 1 saturated heterocycles. The highest BCUT2D eigenvalue weighted by atomic mass is 32.1. The van der Waals surface area contributed by atoms with Crippen molar-refractivity contribution in [2.24, 2.45) is 5.92 Å². The Kier molecular flexibility index (Phi) is 4.38. The zero-order valence-electron chi connectivity index (χ0n) is 10.2. The third-order valence-corrected chi connectivity index (χ3v) is 4.27. The van der Waals surface area contributed by atoms with Crippen LogP contribution in [-0.2, 0) is 11.3 Å². The Morgan fingerprint density at radius 1 is 1.38 bits per heavy atom. The van der Waals surface area contributed by atoms with Gasteiger partial charge in [-0.05, 0) is 50.9 Å². The summed E-state index contributed by atoms with van der Waals surface area (Å²) in [6.45, 7) is 6.71. The molecule has 2 nitrogen and oxygen atoms in total. The summed E-state index contributed by atoms with van der Waals surface area (Å²) in [6, 6.07) is 4.49. The van der Waals surface area contributed by atoms with E-state index in [-0.39, 0.29) is 0 Å². The van der Waals surface area contributed by atoms with Crippen LogP contribution in [0.4, 0.5) is 0 Å². The standard InChI is InChI=1S/C13H21NOS/c1-11-3-4-13(16-11)9-14-7-5-12(6-8-14)10-15-2/h3-4,12H,5-10H2,1-2H3. The summed E-state index contributed by atoms with van der Waals surface area (Å²) in [7, 11) is 1.81. The van der Waals surface area contributed by atoms with Gasteiger partial charge in [0.1, 0.15) is 0 Å². The number of hydrogen-bond donors (Lipinski definition) is 0. The molecular formula is C13H21NOS. The number of piperidine rings is 1. The van der Waals surface area contributed by atoms with Crippen molar-refractivity contribution in [3.05, 3.63) is 21.9 Å². The molecule has 0 radical (unpaired) electrons. The first-order chi connectivity index (χ1) is 7.78. The number of rotatable bonds is 4. The van der Waals surface area contributed by atoms with Crippen LogP contribution >= 0.6 is 11.3 Å². The van der Waals surface area contributed by atoms with Gasteiger partial charge in [0.15, 0.2) is 0 Å². The molecule has 2 rings (SSSR count). The molecule has 0 aromatic carbocycles. The third kappa shape index (κ3) is 3.30. The molecule has 90 valence electrons. The molecule has 1 aliphatic rings. The van der Waals surface area contributed by atoms with E-state index in [0.717, 1.165) is 19.1 Å². The first-order valence-electron chi connectivity index (χ1n) is 6.04. The van der Waals surface area contributed by atoms with Gasteiger partial charge in [-0.1, -0.05) is 0 Å². The van der Waals surface area contributed by atoms with Crippen molar-refractivity contribution in [1.29, 1.82) is 0 Å². The van der Waals surface area contributed by atoms with Gasteiger partial charge in [0, 0.05) is 30.0 Å². The minimum absolute atomic E-state index is 0.784. The predicted octanol–water partition coefficient (Wildman–Crippen LogP) is 2.91. The number of thiophene rings is 1. The molecule has 0 saturated carbocycles. The van der Waals surface area contributed by atoms with Gasteiger partial charge in [0.2, 0.25) is 0 Å². The second kappa shape index (κ2) is 5.80. The van der Waals surface area contributed by atoms with E-state index in [1.807, 2.05) is 11.3 Å². The Bertz CT molecular complexity index is 315. The third-order valence-electron chi connectivity index (χ3n) is 3.28. The Balaban J connectivity index is 1.77.